The molecule has 0 atom stereocenters. The smallest absolute Gasteiger partial charge is 0.0134 e. The van der Waals surface area contributed by atoms with Crippen molar-refractivity contribution in [1.82, 2.24) is 5.32 Å². The Morgan fingerprint density at radius 1 is 1.07 bits per heavy atom. The Balaban J connectivity index is 2.16. The molecule has 0 aromatic heterocycles. The number of rotatable bonds is 6. The Hall–Kier alpha value is -1.34. The third kappa shape index (κ3) is 5.87. The monoisotopic (exact) mass is 201 g/mol. The summed E-state index contributed by atoms with van der Waals surface area (Å²) in [4.78, 5) is 0. The van der Waals surface area contributed by atoms with E-state index in [0.717, 1.165) is 19.4 Å². The lowest BCUT2D eigenvalue weighted by molar-refractivity contribution is 0.919. The van der Waals surface area contributed by atoms with Crippen molar-refractivity contribution in [2.45, 2.75) is 12.8 Å². The summed E-state index contributed by atoms with van der Waals surface area (Å²) in [5.41, 5.74) is 1.40. The van der Waals surface area contributed by atoms with Crippen molar-refractivity contribution < 1.29 is 0 Å². The van der Waals surface area contributed by atoms with Crippen LogP contribution in [0.15, 0.2) is 54.6 Å². The molecule has 0 aliphatic heterocycles. The summed E-state index contributed by atoms with van der Waals surface area (Å²) in [6.07, 6.45) is 10.7. The van der Waals surface area contributed by atoms with Crippen molar-refractivity contribution in [1.29, 1.82) is 0 Å². The fourth-order valence-corrected chi connectivity index (χ4v) is 1.33. The zero-order valence-corrected chi connectivity index (χ0v) is 9.32. The predicted molar refractivity (Wildman–Crippen MR) is 67.0 cm³/mol. The molecule has 0 fully saturated rings. The van der Waals surface area contributed by atoms with Crippen molar-refractivity contribution in [2.75, 3.05) is 13.6 Å². The standard InChI is InChI=1S/C14H19N/c1-15-13-9-4-2-3-6-10-14-11-7-5-8-12-14/h2-5,7-9,11-12,15H,6,10,13H2,1H3. The van der Waals surface area contributed by atoms with Crippen LogP contribution in [0.25, 0.3) is 0 Å². The van der Waals surface area contributed by atoms with E-state index in [2.05, 4.69) is 60.0 Å². The number of aryl methyl sites for hydroxylation is 1. The maximum atomic E-state index is 3.06. The number of allylic oxidation sites excluding steroid dienone is 3. The lowest BCUT2D eigenvalue weighted by atomic mass is 10.1. The lowest BCUT2D eigenvalue weighted by Crippen LogP contribution is -2.03. The van der Waals surface area contributed by atoms with Crippen LogP contribution >= 0.6 is 0 Å². The quantitative estimate of drug-likeness (QED) is 0.698. The maximum Gasteiger partial charge on any atom is 0.0134 e. The maximum absolute atomic E-state index is 3.06. The van der Waals surface area contributed by atoms with Crippen LogP contribution in [-0.4, -0.2) is 13.6 Å². The van der Waals surface area contributed by atoms with E-state index in [1.54, 1.807) is 0 Å². The second-order valence-corrected chi connectivity index (χ2v) is 3.44. The molecule has 1 rings (SSSR count). The zero-order chi connectivity index (χ0) is 10.8. The first kappa shape index (κ1) is 11.7. The van der Waals surface area contributed by atoms with Gasteiger partial charge in [-0.05, 0) is 25.5 Å². The Labute approximate surface area is 92.5 Å². The fourth-order valence-electron chi connectivity index (χ4n) is 1.33. The molecule has 0 aliphatic rings. The lowest BCUT2D eigenvalue weighted by Gasteiger charge is -1.95. The van der Waals surface area contributed by atoms with E-state index < -0.39 is 0 Å². The highest BCUT2D eigenvalue weighted by molar-refractivity contribution is 5.15. The first-order valence-corrected chi connectivity index (χ1v) is 5.43. The second kappa shape index (κ2) is 8.01. The van der Waals surface area contributed by atoms with Crippen LogP contribution in [0.4, 0.5) is 0 Å². The van der Waals surface area contributed by atoms with Crippen LogP contribution in [0, 0.1) is 0 Å². The highest BCUT2D eigenvalue weighted by Crippen LogP contribution is 2.02. The molecule has 0 spiro atoms. The highest BCUT2D eigenvalue weighted by Gasteiger charge is 1.86. The molecule has 0 aliphatic carbocycles. The van der Waals surface area contributed by atoms with Crippen molar-refractivity contribution >= 4 is 0 Å². The Kier molecular flexibility index (Phi) is 6.26. The number of hydrogen-bond acceptors (Lipinski definition) is 1. The van der Waals surface area contributed by atoms with E-state index >= 15 is 0 Å². The summed E-state index contributed by atoms with van der Waals surface area (Å²) >= 11 is 0. The largest absolute Gasteiger partial charge is 0.316 e. The predicted octanol–water partition coefficient (Wildman–Crippen LogP) is 2.95. The van der Waals surface area contributed by atoms with E-state index in [-0.39, 0.29) is 0 Å². The van der Waals surface area contributed by atoms with Gasteiger partial charge in [0.05, 0.1) is 0 Å². The van der Waals surface area contributed by atoms with Gasteiger partial charge in [0.2, 0.25) is 0 Å². The average molecular weight is 201 g/mol. The van der Waals surface area contributed by atoms with E-state index in [0.29, 0.717) is 0 Å². The summed E-state index contributed by atoms with van der Waals surface area (Å²) < 4.78 is 0. The SMILES string of the molecule is CNCC=CC=CCCc1ccccc1. The minimum absolute atomic E-state index is 0.934. The van der Waals surface area contributed by atoms with Gasteiger partial charge >= 0.3 is 0 Å². The molecule has 0 unspecified atom stereocenters. The van der Waals surface area contributed by atoms with Crippen LogP contribution in [0.1, 0.15) is 12.0 Å². The topological polar surface area (TPSA) is 12.0 Å². The summed E-state index contributed by atoms with van der Waals surface area (Å²) in [6, 6.07) is 10.6. The summed E-state index contributed by atoms with van der Waals surface area (Å²) in [6.45, 7) is 0.934. The van der Waals surface area contributed by atoms with Crippen molar-refractivity contribution in [2.24, 2.45) is 0 Å². The van der Waals surface area contributed by atoms with Gasteiger partial charge < -0.3 is 5.32 Å². The number of likely N-dealkylation sites (N-methyl/N-ethyl adjacent to an activating group) is 1. The molecule has 80 valence electrons. The molecule has 0 heterocycles. The van der Waals surface area contributed by atoms with Crippen LogP contribution in [0.5, 0.6) is 0 Å². The average Bonchev–Trinajstić information content (AvgIpc) is 2.29. The van der Waals surface area contributed by atoms with Crippen LogP contribution in [0.3, 0.4) is 0 Å². The van der Waals surface area contributed by atoms with Gasteiger partial charge in [-0.1, -0.05) is 54.6 Å². The summed E-state index contributed by atoms with van der Waals surface area (Å²) in [5.74, 6) is 0. The molecule has 1 aromatic rings. The molecule has 1 aromatic carbocycles. The van der Waals surface area contributed by atoms with E-state index in [9.17, 15) is 0 Å². The molecule has 0 bridgehead atoms. The molecule has 1 nitrogen and oxygen atoms in total. The number of hydrogen-bond donors (Lipinski definition) is 1. The van der Waals surface area contributed by atoms with Gasteiger partial charge in [0.25, 0.3) is 0 Å². The Bertz CT molecular complexity index is 298. The molecule has 0 radical (unpaired) electrons. The van der Waals surface area contributed by atoms with Crippen LogP contribution < -0.4 is 5.32 Å². The Morgan fingerprint density at radius 2 is 1.80 bits per heavy atom. The fraction of sp³-hybridized carbons (Fsp3) is 0.286. The van der Waals surface area contributed by atoms with Crippen molar-refractivity contribution in [3.8, 4) is 0 Å². The van der Waals surface area contributed by atoms with Crippen LogP contribution in [0.2, 0.25) is 0 Å². The molecule has 0 saturated carbocycles. The van der Waals surface area contributed by atoms with Gasteiger partial charge in [-0.25, -0.2) is 0 Å². The first-order chi connectivity index (χ1) is 7.43. The van der Waals surface area contributed by atoms with Gasteiger partial charge in [-0.15, -0.1) is 0 Å². The zero-order valence-electron chi connectivity index (χ0n) is 9.32. The van der Waals surface area contributed by atoms with Gasteiger partial charge in [0.15, 0.2) is 0 Å². The van der Waals surface area contributed by atoms with Gasteiger partial charge in [0.1, 0.15) is 0 Å². The van der Waals surface area contributed by atoms with Crippen molar-refractivity contribution in [3.63, 3.8) is 0 Å². The molecule has 0 amide bonds. The third-order valence-electron chi connectivity index (χ3n) is 2.15. The van der Waals surface area contributed by atoms with Crippen LogP contribution in [-0.2, 0) is 6.42 Å². The highest BCUT2D eigenvalue weighted by atomic mass is 14.8. The molecular formula is C14H19N. The summed E-state index contributed by atoms with van der Waals surface area (Å²) in [5, 5.41) is 3.06. The number of nitrogens with one attached hydrogen (secondary N) is 1. The molecule has 1 N–H and O–H groups in total. The van der Waals surface area contributed by atoms with E-state index in [1.165, 1.54) is 5.56 Å². The van der Waals surface area contributed by atoms with Crippen molar-refractivity contribution in [3.05, 3.63) is 60.2 Å². The first-order valence-electron chi connectivity index (χ1n) is 5.43. The van der Waals surface area contributed by atoms with E-state index in [1.807, 2.05) is 7.05 Å². The van der Waals surface area contributed by atoms with Gasteiger partial charge in [-0.3, -0.25) is 0 Å². The number of benzene rings is 1. The van der Waals surface area contributed by atoms with Gasteiger partial charge in [-0.2, -0.15) is 0 Å². The summed E-state index contributed by atoms with van der Waals surface area (Å²) in [7, 11) is 1.95. The Morgan fingerprint density at radius 3 is 2.53 bits per heavy atom. The second-order valence-electron chi connectivity index (χ2n) is 3.44. The molecule has 15 heavy (non-hydrogen) atoms. The minimum atomic E-state index is 0.934. The minimum Gasteiger partial charge on any atom is -0.316 e. The molecule has 0 saturated heterocycles. The molecule has 1 heteroatoms. The third-order valence-corrected chi connectivity index (χ3v) is 2.15. The van der Waals surface area contributed by atoms with Gasteiger partial charge in [0, 0.05) is 6.54 Å². The molecular weight excluding hydrogens is 182 g/mol. The van der Waals surface area contributed by atoms with E-state index in [4.69, 9.17) is 0 Å². The normalized spacial score (nSPS) is 11.5.